The van der Waals surface area contributed by atoms with Gasteiger partial charge in [-0.25, -0.2) is 19.1 Å². The number of carbonyl (C=O) groups excluding carboxylic acids is 1. The molecule has 2 aromatic heterocycles. The first-order valence-electron chi connectivity index (χ1n) is 12.3. The number of allylic oxidation sites excluding steroid dienone is 4. The van der Waals surface area contributed by atoms with Gasteiger partial charge in [0, 0.05) is 11.6 Å². The molecule has 10 heteroatoms. The molecule has 0 spiro atoms. The molecule has 0 radical (unpaired) electrons. The lowest BCUT2D eigenvalue weighted by Gasteiger charge is -2.23. The van der Waals surface area contributed by atoms with Gasteiger partial charge in [-0.05, 0) is 43.7 Å². The largest absolute Gasteiger partial charge is 0.481 e. The Balaban J connectivity index is 1.13. The van der Waals surface area contributed by atoms with E-state index in [1.165, 1.54) is 24.5 Å². The Morgan fingerprint density at radius 3 is 3.00 bits per heavy atom. The van der Waals surface area contributed by atoms with Crippen LogP contribution >= 0.6 is 0 Å². The molecule has 1 N–H and O–H groups in total. The summed E-state index contributed by atoms with van der Waals surface area (Å²) in [5.74, 6) is 0.574. The fourth-order valence-electron chi connectivity index (χ4n) is 4.56. The lowest BCUT2D eigenvalue weighted by molar-refractivity contribution is 0.115. The number of hydrogen-bond acceptors (Lipinski definition) is 8. The molecular formula is C27H28FN3O6. The molecule has 0 unspecified atom stereocenters. The predicted octanol–water partition coefficient (Wildman–Crippen LogP) is 5.16. The molecule has 194 valence electrons. The summed E-state index contributed by atoms with van der Waals surface area (Å²) < 4.78 is 36.6. The van der Waals surface area contributed by atoms with E-state index in [0.29, 0.717) is 55.3 Å². The molecular weight excluding hydrogens is 481 g/mol. The average Bonchev–Trinajstić information content (AvgIpc) is 3.31. The quantitative estimate of drug-likeness (QED) is 0.463. The topological polar surface area (TPSA) is 103 Å². The number of halogens is 1. The van der Waals surface area contributed by atoms with Gasteiger partial charge in [0.2, 0.25) is 11.8 Å². The number of cyclic esters (lactones) is 1. The van der Waals surface area contributed by atoms with Gasteiger partial charge in [-0.2, -0.15) is 0 Å². The van der Waals surface area contributed by atoms with Crippen LogP contribution in [0.2, 0.25) is 0 Å². The van der Waals surface area contributed by atoms with Crippen molar-refractivity contribution in [2.45, 2.75) is 50.7 Å². The summed E-state index contributed by atoms with van der Waals surface area (Å²) in [4.78, 5) is 22.2. The third kappa shape index (κ3) is 5.43. The van der Waals surface area contributed by atoms with E-state index in [0.717, 1.165) is 24.6 Å². The Hall–Kier alpha value is -3.92. The maximum absolute atomic E-state index is 14.6. The number of aliphatic hydroxyl groups is 1. The van der Waals surface area contributed by atoms with E-state index >= 15 is 0 Å². The maximum atomic E-state index is 14.6. The molecule has 1 aliphatic carbocycles. The lowest BCUT2D eigenvalue weighted by Crippen LogP contribution is -2.27. The summed E-state index contributed by atoms with van der Waals surface area (Å²) in [5, 5.41) is 10.7. The first-order chi connectivity index (χ1) is 18.0. The minimum absolute atomic E-state index is 0.108. The Morgan fingerprint density at radius 2 is 2.19 bits per heavy atom. The average molecular weight is 510 g/mol. The van der Waals surface area contributed by atoms with Crippen LogP contribution in [0, 0.1) is 5.82 Å². The first kappa shape index (κ1) is 24.8. The van der Waals surface area contributed by atoms with E-state index in [2.05, 4.69) is 16.0 Å². The van der Waals surface area contributed by atoms with Gasteiger partial charge in [-0.3, -0.25) is 4.98 Å². The van der Waals surface area contributed by atoms with Crippen molar-refractivity contribution in [2.24, 2.45) is 0 Å². The number of aliphatic hydroxyl groups excluding tert-OH is 1. The summed E-state index contributed by atoms with van der Waals surface area (Å²) in [6.07, 6.45) is 12.1. The van der Waals surface area contributed by atoms with E-state index in [4.69, 9.17) is 18.9 Å². The number of rotatable bonds is 9. The van der Waals surface area contributed by atoms with Gasteiger partial charge in [0.05, 0.1) is 31.5 Å². The number of fused-ring (bicyclic) bond motifs is 1. The molecule has 2 atom stereocenters. The lowest BCUT2D eigenvalue weighted by atomic mass is 10.0. The molecule has 9 nitrogen and oxygen atoms in total. The van der Waals surface area contributed by atoms with E-state index < -0.39 is 18.0 Å². The first-order valence-corrected chi connectivity index (χ1v) is 12.3. The van der Waals surface area contributed by atoms with Crippen LogP contribution in [0.25, 0.3) is 11.0 Å². The van der Waals surface area contributed by atoms with Gasteiger partial charge in [0.1, 0.15) is 23.7 Å². The summed E-state index contributed by atoms with van der Waals surface area (Å²) in [6.45, 7) is 0.330. The predicted molar refractivity (Wildman–Crippen MR) is 131 cm³/mol. The number of methoxy groups -OCH3 is 1. The number of amides is 1. The molecule has 1 amide bonds. The molecule has 2 aliphatic heterocycles. The van der Waals surface area contributed by atoms with Crippen LogP contribution in [0.5, 0.6) is 5.88 Å². The van der Waals surface area contributed by atoms with Crippen LogP contribution in [0.4, 0.5) is 9.18 Å². The zero-order chi connectivity index (χ0) is 25.8. The van der Waals surface area contributed by atoms with Crippen molar-refractivity contribution in [1.82, 2.24) is 14.9 Å². The van der Waals surface area contributed by atoms with E-state index in [1.807, 2.05) is 12.2 Å². The second-order valence-corrected chi connectivity index (χ2v) is 8.99. The molecule has 1 saturated heterocycles. The van der Waals surface area contributed by atoms with Gasteiger partial charge in [0.15, 0.2) is 12.0 Å². The van der Waals surface area contributed by atoms with E-state index in [9.17, 15) is 14.3 Å². The third-order valence-electron chi connectivity index (χ3n) is 6.50. The smallest absolute Gasteiger partial charge is 0.417 e. The van der Waals surface area contributed by atoms with Crippen molar-refractivity contribution in [1.29, 1.82) is 0 Å². The van der Waals surface area contributed by atoms with Crippen LogP contribution in [0.3, 0.4) is 0 Å². The van der Waals surface area contributed by atoms with Crippen LogP contribution in [0.15, 0.2) is 66.3 Å². The van der Waals surface area contributed by atoms with Crippen molar-refractivity contribution in [2.75, 3.05) is 13.7 Å². The number of pyridine rings is 2. The van der Waals surface area contributed by atoms with E-state index in [-0.39, 0.29) is 17.2 Å². The second kappa shape index (κ2) is 11.0. The van der Waals surface area contributed by atoms with Crippen molar-refractivity contribution in [3.63, 3.8) is 0 Å². The molecule has 0 aromatic carbocycles. The van der Waals surface area contributed by atoms with Crippen molar-refractivity contribution in [3.05, 3.63) is 77.7 Å². The highest BCUT2D eigenvalue weighted by Gasteiger charge is 2.36. The van der Waals surface area contributed by atoms with E-state index in [1.54, 1.807) is 12.1 Å². The van der Waals surface area contributed by atoms with Gasteiger partial charge in [-0.15, -0.1) is 0 Å². The SMILES string of the molecule is COc1ccc2ncc(F)c([C@H](O)CCCC[C@H]3CN(C4=COC=C(C5=CC=CCC5)O4)C(=O)O3)c2n1. The molecule has 3 aliphatic rings. The Labute approximate surface area is 213 Å². The number of ether oxygens (including phenoxy) is 4. The zero-order valence-electron chi connectivity index (χ0n) is 20.4. The molecule has 5 rings (SSSR count). The zero-order valence-corrected chi connectivity index (χ0v) is 20.4. The van der Waals surface area contributed by atoms with Crippen LogP contribution in [-0.4, -0.2) is 45.8 Å². The van der Waals surface area contributed by atoms with Gasteiger partial charge in [-0.1, -0.05) is 24.6 Å². The molecule has 0 saturated carbocycles. The molecule has 1 fully saturated rings. The molecule has 4 heterocycles. The summed E-state index contributed by atoms with van der Waals surface area (Å²) in [6, 6.07) is 3.31. The maximum Gasteiger partial charge on any atom is 0.417 e. The highest BCUT2D eigenvalue weighted by Crippen LogP contribution is 2.32. The fourth-order valence-corrected chi connectivity index (χ4v) is 4.56. The summed E-state index contributed by atoms with van der Waals surface area (Å²) in [5.41, 5.74) is 1.87. The standard InChI is InChI=1S/C27H28FN3O6/c1-34-23-12-11-20-26(30-23)25(19(28)13-29-20)21(32)10-6-5-9-18-14-31(27(33)36-18)24-16-35-15-22(37-24)17-7-3-2-4-8-17/h2-3,7,11-13,15-16,18,21,32H,4-6,8-10,14H2,1H3/t18-,21+/m0/s1. The fraction of sp³-hybridized carbons (Fsp3) is 0.370. The van der Waals surface area contributed by atoms with Crippen LogP contribution in [-0.2, 0) is 14.2 Å². The van der Waals surface area contributed by atoms with Gasteiger partial charge >= 0.3 is 6.09 Å². The van der Waals surface area contributed by atoms with Gasteiger partial charge in [0.25, 0.3) is 0 Å². The Morgan fingerprint density at radius 1 is 1.30 bits per heavy atom. The Bertz CT molecular complexity index is 1300. The second-order valence-electron chi connectivity index (χ2n) is 8.99. The third-order valence-corrected chi connectivity index (χ3v) is 6.50. The number of carbonyl (C=O) groups is 1. The summed E-state index contributed by atoms with van der Waals surface area (Å²) >= 11 is 0. The minimum atomic E-state index is -1.06. The van der Waals surface area contributed by atoms with Crippen LogP contribution < -0.4 is 4.74 Å². The van der Waals surface area contributed by atoms with Crippen molar-refractivity contribution in [3.8, 4) is 5.88 Å². The molecule has 0 bridgehead atoms. The van der Waals surface area contributed by atoms with Gasteiger partial charge < -0.3 is 24.1 Å². The Kier molecular flexibility index (Phi) is 7.36. The summed E-state index contributed by atoms with van der Waals surface area (Å²) in [7, 11) is 1.47. The highest BCUT2D eigenvalue weighted by atomic mass is 19.1. The van der Waals surface area contributed by atoms with Crippen molar-refractivity contribution < 1.29 is 33.2 Å². The normalized spacial score (nSPS) is 20.0. The monoisotopic (exact) mass is 509 g/mol. The minimum Gasteiger partial charge on any atom is -0.481 e. The van der Waals surface area contributed by atoms with Crippen LogP contribution in [0.1, 0.15) is 50.2 Å². The number of hydrogen-bond donors (Lipinski definition) is 1. The number of unbranched alkanes of at least 4 members (excludes halogenated alkanes) is 1. The molecule has 37 heavy (non-hydrogen) atoms. The number of aromatic nitrogens is 2. The highest BCUT2D eigenvalue weighted by molar-refractivity contribution is 5.78. The van der Waals surface area contributed by atoms with Crippen molar-refractivity contribution >= 4 is 17.1 Å². The molecule has 2 aromatic rings. The number of nitrogens with zero attached hydrogens (tertiary/aromatic N) is 3.